The van der Waals surface area contributed by atoms with Crippen LogP contribution in [0.15, 0.2) is 12.3 Å². The highest BCUT2D eigenvalue weighted by molar-refractivity contribution is 5.03. The van der Waals surface area contributed by atoms with Crippen molar-refractivity contribution in [1.29, 1.82) is 0 Å². The highest BCUT2D eigenvalue weighted by Crippen LogP contribution is 2.24. The van der Waals surface area contributed by atoms with E-state index in [0.717, 1.165) is 19.5 Å². The van der Waals surface area contributed by atoms with E-state index < -0.39 is 0 Å². The summed E-state index contributed by atoms with van der Waals surface area (Å²) >= 11 is 0. The van der Waals surface area contributed by atoms with Crippen LogP contribution in [-0.4, -0.2) is 24.0 Å². The van der Waals surface area contributed by atoms with Crippen LogP contribution in [0.1, 0.15) is 19.8 Å². The maximum Gasteiger partial charge on any atom is 0.0412 e. The fraction of sp³-hybridized carbons (Fsp3) is 0.750. The zero-order valence-electron chi connectivity index (χ0n) is 6.64. The van der Waals surface area contributed by atoms with E-state index in [4.69, 9.17) is 5.73 Å². The molecule has 1 aliphatic heterocycles. The third-order valence-corrected chi connectivity index (χ3v) is 2.23. The van der Waals surface area contributed by atoms with Gasteiger partial charge in [0.2, 0.25) is 0 Å². The summed E-state index contributed by atoms with van der Waals surface area (Å²) in [6.45, 7) is 7.95. The van der Waals surface area contributed by atoms with Crippen LogP contribution < -0.4 is 5.73 Å². The summed E-state index contributed by atoms with van der Waals surface area (Å²) < 4.78 is 0. The lowest BCUT2D eigenvalue weighted by molar-refractivity contribution is 0.314. The van der Waals surface area contributed by atoms with Crippen LogP contribution in [0.3, 0.4) is 0 Å². The first kappa shape index (κ1) is 7.61. The summed E-state index contributed by atoms with van der Waals surface area (Å²) in [7, 11) is 0. The molecule has 2 nitrogen and oxygen atoms in total. The number of nitrogens with zero attached hydrogens (tertiary/aromatic N) is 1. The van der Waals surface area contributed by atoms with E-state index in [2.05, 4.69) is 18.4 Å². The molecule has 0 aromatic heterocycles. The Morgan fingerprint density at radius 1 is 1.80 bits per heavy atom. The summed E-state index contributed by atoms with van der Waals surface area (Å²) in [5.74, 6) is 0. The van der Waals surface area contributed by atoms with Crippen molar-refractivity contribution < 1.29 is 0 Å². The summed E-state index contributed by atoms with van der Waals surface area (Å²) in [6.07, 6.45) is 2.33. The second-order valence-corrected chi connectivity index (χ2v) is 2.78. The Balaban J connectivity index is 2.54. The van der Waals surface area contributed by atoms with Crippen LogP contribution in [0.25, 0.3) is 0 Å². The van der Waals surface area contributed by atoms with Gasteiger partial charge in [0.25, 0.3) is 0 Å². The van der Waals surface area contributed by atoms with Gasteiger partial charge in [-0.25, -0.2) is 0 Å². The number of likely N-dealkylation sites (tertiary alicyclic amines) is 1. The molecule has 2 heteroatoms. The molecule has 0 aromatic rings. The lowest BCUT2D eigenvalue weighted by Crippen LogP contribution is -2.33. The summed E-state index contributed by atoms with van der Waals surface area (Å²) in [4.78, 5) is 2.31. The van der Waals surface area contributed by atoms with Crippen molar-refractivity contribution in [3.63, 3.8) is 0 Å². The Bertz CT molecular complexity index is 131. The van der Waals surface area contributed by atoms with E-state index in [9.17, 15) is 0 Å². The molecular weight excluding hydrogens is 124 g/mol. The second-order valence-electron chi connectivity index (χ2n) is 2.78. The van der Waals surface area contributed by atoms with Gasteiger partial charge in [0.1, 0.15) is 0 Å². The van der Waals surface area contributed by atoms with Crippen molar-refractivity contribution in [3.8, 4) is 0 Å². The minimum absolute atomic E-state index is 0.567. The van der Waals surface area contributed by atoms with Gasteiger partial charge >= 0.3 is 0 Å². The first-order valence-corrected chi connectivity index (χ1v) is 3.94. The Morgan fingerprint density at radius 2 is 2.50 bits per heavy atom. The molecule has 1 saturated heterocycles. The summed E-state index contributed by atoms with van der Waals surface area (Å²) in [6, 6.07) is 0.567. The second kappa shape index (κ2) is 3.06. The predicted octanol–water partition coefficient (Wildman–Crippen LogP) is 0.943. The van der Waals surface area contributed by atoms with Crippen molar-refractivity contribution in [3.05, 3.63) is 12.3 Å². The molecule has 1 atom stereocenters. The predicted molar refractivity (Wildman–Crippen MR) is 43.6 cm³/mol. The lowest BCUT2D eigenvalue weighted by atomic mass is 10.2. The fourth-order valence-electron chi connectivity index (χ4n) is 1.62. The summed E-state index contributed by atoms with van der Waals surface area (Å²) in [5.41, 5.74) is 6.84. The zero-order valence-corrected chi connectivity index (χ0v) is 6.64. The highest BCUT2D eigenvalue weighted by Gasteiger charge is 2.23. The molecule has 1 rings (SSSR count). The van der Waals surface area contributed by atoms with Crippen LogP contribution in [-0.2, 0) is 0 Å². The van der Waals surface area contributed by atoms with Gasteiger partial charge < -0.3 is 10.6 Å². The van der Waals surface area contributed by atoms with Gasteiger partial charge in [-0.3, -0.25) is 0 Å². The maximum atomic E-state index is 5.58. The van der Waals surface area contributed by atoms with Gasteiger partial charge in [0.05, 0.1) is 0 Å². The first-order chi connectivity index (χ1) is 4.79. The Morgan fingerprint density at radius 3 is 2.90 bits per heavy atom. The number of hydrogen-bond donors (Lipinski definition) is 1. The van der Waals surface area contributed by atoms with Gasteiger partial charge in [-0.05, 0) is 19.8 Å². The van der Waals surface area contributed by atoms with E-state index in [1.165, 1.54) is 12.1 Å². The third-order valence-electron chi connectivity index (χ3n) is 2.23. The topological polar surface area (TPSA) is 29.3 Å². The molecule has 0 radical (unpaired) electrons. The minimum Gasteiger partial charge on any atom is -0.371 e. The van der Waals surface area contributed by atoms with Crippen LogP contribution in [0.4, 0.5) is 0 Å². The van der Waals surface area contributed by atoms with Gasteiger partial charge in [-0.2, -0.15) is 0 Å². The van der Waals surface area contributed by atoms with Crippen LogP contribution in [0.2, 0.25) is 0 Å². The van der Waals surface area contributed by atoms with E-state index in [1.807, 2.05) is 0 Å². The number of rotatable bonds is 2. The first-order valence-electron chi connectivity index (χ1n) is 3.94. The standard InChI is InChI=1S/C8H16N2/c1-3-10-7(2)4-5-8(10)6-9/h8H,2-6,9H2,1H3. The van der Waals surface area contributed by atoms with E-state index >= 15 is 0 Å². The largest absolute Gasteiger partial charge is 0.371 e. The number of nitrogens with two attached hydrogens (primary N) is 1. The molecule has 0 bridgehead atoms. The molecule has 1 heterocycles. The van der Waals surface area contributed by atoms with Gasteiger partial charge in [0.15, 0.2) is 0 Å². The van der Waals surface area contributed by atoms with Crippen molar-refractivity contribution in [1.82, 2.24) is 4.90 Å². The Kier molecular flexibility index (Phi) is 2.33. The number of allylic oxidation sites excluding steroid dienone is 1. The van der Waals surface area contributed by atoms with Crippen LogP contribution in [0.5, 0.6) is 0 Å². The van der Waals surface area contributed by atoms with E-state index in [0.29, 0.717) is 6.04 Å². The molecule has 1 unspecified atom stereocenters. The van der Waals surface area contributed by atoms with E-state index in [-0.39, 0.29) is 0 Å². The average Bonchev–Trinajstić information content (AvgIpc) is 2.30. The summed E-state index contributed by atoms with van der Waals surface area (Å²) in [5, 5.41) is 0. The molecule has 10 heavy (non-hydrogen) atoms. The average molecular weight is 140 g/mol. The molecule has 2 N–H and O–H groups in total. The highest BCUT2D eigenvalue weighted by atomic mass is 15.2. The minimum atomic E-state index is 0.567. The van der Waals surface area contributed by atoms with Gasteiger partial charge in [-0.15, -0.1) is 0 Å². The smallest absolute Gasteiger partial charge is 0.0412 e. The molecule has 1 fully saturated rings. The van der Waals surface area contributed by atoms with E-state index in [1.54, 1.807) is 0 Å². The SMILES string of the molecule is C=C1CCC(CN)N1CC. The molecule has 0 aromatic carbocycles. The molecular formula is C8H16N2. The quantitative estimate of drug-likeness (QED) is 0.618. The maximum absolute atomic E-state index is 5.58. The van der Waals surface area contributed by atoms with Crippen LogP contribution in [0, 0.1) is 0 Å². The molecule has 0 amide bonds. The van der Waals surface area contributed by atoms with Gasteiger partial charge in [-0.1, -0.05) is 6.58 Å². The van der Waals surface area contributed by atoms with Crippen molar-refractivity contribution in [2.75, 3.05) is 13.1 Å². The molecule has 0 aliphatic carbocycles. The Labute approximate surface area is 62.7 Å². The number of hydrogen-bond acceptors (Lipinski definition) is 2. The monoisotopic (exact) mass is 140 g/mol. The zero-order chi connectivity index (χ0) is 7.56. The van der Waals surface area contributed by atoms with Crippen molar-refractivity contribution in [2.24, 2.45) is 5.73 Å². The van der Waals surface area contributed by atoms with Crippen molar-refractivity contribution in [2.45, 2.75) is 25.8 Å². The third kappa shape index (κ3) is 1.16. The van der Waals surface area contributed by atoms with Crippen LogP contribution >= 0.6 is 0 Å². The molecule has 1 aliphatic rings. The normalized spacial score (nSPS) is 26.0. The fourth-order valence-corrected chi connectivity index (χ4v) is 1.62. The van der Waals surface area contributed by atoms with Crippen molar-refractivity contribution >= 4 is 0 Å². The van der Waals surface area contributed by atoms with Gasteiger partial charge in [0, 0.05) is 24.8 Å². The number of likely N-dealkylation sites (N-methyl/N-ethyl adjacent to an activating group) is 1. The molecule has 0 saturated carbocycles. The Hall–Kier alpha value is -0.500. The lowest BCUT2D eigenvalue weighted by Gasteiger charge is -2.24. The molecule has 58 valence electrons. The molecule has 0 spiro atoms.